The van der Waals surface area contributed by atoms with Crippen molar-refractivity contribution in [1.29, 1.82) is 0 Å². The third-order valence-electron chi connectivity index (χ3n) is 1.95. The van der Waals surface area contributed by atoms with Crippen molar-refractivity contribution in [2.45, 2.75) is 17.3 Å². The summed E-state index contributed by atoms with van der Waals surface area (Å²) < 4.78 is 0. The predicted octanol–water partition coefficient (Wildman–Crippen LogP) is 4.22. The van der Waals surface area contributed by atoms with E-state index in [1.165, 1.54) is 11.1 Å². The Morgan fingerprint density at radius 3 is 1.93 bits per heavy atom. The molecular formula is C13H18Ge. The summed E-state index contributed by atoms with van der Waals surface area (Å²) in [6.07, 6.45) is 4.11. The van der Waals surface area contributed by atoms with E-state index in [9.17, 15) is 0 Å². The average Bonchev–Trinajstić information content (AvgIpc) is 2.14. The zero-order valence-electron chi connectivity index (χ0n) is 9.25. The summed E-state index contributed by atoms with van der Waals surface area (Å²) in [7, 11) is 0. The molecule has 0 amide bonds. The van der Waals surface area contributed by atoms with Crippen LogP contribution in [0.4, 0.5) is 0 Å². The molecule has 0 saturated carbocycles. The number of benzene rings is 1. The summed E-state index contributed by atoms with van der Waals surface area (Å²) in [6.45, 7) is 3.74. The zero-order valence-corrected chi connectivity index (χ0v) is 11.3. The molecule has 74 valence electrons. The van der Waals surface area contributed by atoms with Gasteiger partial charge in [-0.1, -0.05) is 0 Å². The van der Waals surface area contributed by atoms with Crippen molar-refractivity contribution >= 4 is 25.4 Å². The molecule has 0 aromatic heterocycles. The van der Waals surface area contributed by atoms with Crippen LogP contribution in [0.2, 0.25) is 17.3 Å². The van der Waals surface area contributed by atoms with Crippen molar-refractivity contribution in [3.8, 4) is 0 Å². The third-order valence-corrected chi connectivity index (χ3v) is 4.40. The first kappa shape index (κ1) is 11.3. The molecule has 0 unspecified atom stereocenters. The van der Waals surface area contributed by atoms with Gasteiger partial charge < -0.3 is 0 Å². The molecule has 0 N–H and O–H groups in total. The molecule has 14 heavy (non-hydrogen) atoms. The molecule has 0 bridgehead atoms. The van der Waals surface area contributed by atoms with Gasteiger partial charge in [-0.25, -0.2) is 0 Å². The molecule has 0 spiro atoms. The van der Waals surface area contributed by atoms with Gasteiger partial charge in [-0.3, -0.25) is 0 Å². The fourth-order valence-electron chi connectivity index (χ4n) is 1.09. The quantitative estimate of drug-likeness (QED) is 0.701. The fourth-order valence-corrected chi connectivity index (χ4v) is 2.54. The summed E-state index contributed by atoms with van der Waals surface area (Å²) in [5.41, 5.74) is 2.47. The van der Waals surface area contributed by atoms with Crippen LogP contribution >= 0.6 is 0 Å². The second kappa shape index (κ2) is 4.65. The topological polar surface area (TPSA) is 0 Å². The van der Waals surface area contributed by atoms with Crippen LogP contribution in [0.1, 0.15) is 11.1 Å². The number of hydrogen-bond acceptors (Lipinski definition) is 0. The minimum absolute atomic E-state index is 1.18. The predicted molar refractivity (Wildman–Crippen MR) is 68.9 cm³/mol. The van der Waals surface area contributed by atoms with Crippen LogP contribution in [-0.4, -0.2) is 13.3 Å². The zero-order chi connectivity index (χ0) is 10.6. The molecule has 1 aromatic rings. The molecule has 1 heteroatoms. The van der Waals surface area contributed by atoms with Gasteiger partial charge in [0.15, 0.2) is 0 Å². The maximum atomic E-state index is 3.74. The molecule has 0 heterocycles. The Morgan fingerprint density at radius 1 is 1.00 bits per heavy atom. The first-order valence-electron chi connectivity index (χ1n) is 4.93. The Hall–Kier alpha value is -0.757. The Labute approximate surface area is 89.7 Å². The van der Waals surface area contributed by atoms with Gasteiger partial charge in [0.2, 0.25) is 0 Å². The van der Waals surface area contributed by atoms with Gasteiger partial charge in [-0.2, -0.15) is 0 Å². The van der Waals surface area contributed by atoms with E-state index in [4.69, 9.17) is 0 Å². The van der Waals surface area contributed by atoms with Crippen LogP contribution in [-0.2, 0) is 0 Å². The van der Waals surface area contributed by atoms with Gasteiger partial charge in [0, 0.05) is 0 Å². The fraction of sp³-hybridized carbons (Fsp3) is 0.231. The SMILES string of the molecule is C=Cc1ccc(/C=[CH]/[Ge]([CH3])([CH3])[CH3])cc1. The summed E-state index contributed by atoms with van der Waals surface area (Å²) in [5, 5.41) is 0. The van der Waals surface area contributed by atoms with E-state index in [0.717, 1.165) is 0 Å². The van der Waals surface area contributed by atoms with Crippen LogP contribution < -0.4 is 0 Å². The van der Waals surface area contributed by atoms with E-state index in [0.29, 0.717) is 0 Å². The normalized spacial score (nSPS) is 11.9. The Balaban J connectivity index is 2.78. The second-order valence-corrected chi connectivity index (χ2v) is 15.2. The Morgan fingerprint density at radius 2 is 1.50 bits per heavy atom. The van der Waals surface area contributed by atoms with Crippen LogP contribution in [0.3, 0.4) is 0 Å². The van der Waals surface area contributed by atoms with Crippen molar-refractivity contribution in [2.75, 3.05) is 0 Å². The molecule has 0 fully saturated rings. The van der Waals surface area contributed by atoms with Crippen LogP contribution in [0.15, 0.2) is 35.8 Å². The van der Waals surface area contributed by atoms with Crippen molar-refractivity contribution in [2.24, 2.45) is 0 Å². The molecule has 0 aliphatic heterocycles. The average molecular weight is 247 g/mol. The van der Waals surface area contributed by atoms with E-state index >= 15 is 0 Å². The van der Waals surface area contributed by atoms with E-state index < -0.39 is 13.3 Å². The first-order chi connectivity index (χ1) is 6.51. The van der Waals surface area contributed by atoms with Crippen molar-refractivity contribution < 1.29 is 0 Å². The van der Waals surface area contributed by atoms with Crippen LogP contribution in [0.5, 0.6) is 0 Å². The second-order valence-electron chi connectivity index (χ2n) is 4.57. The van der Waals surface area contributed by atoms with E-state index in [1.807, 2.05) is 6.08 Å². The molecule has 0 aliphatic rings. The van der Waals surface area contributed by atoms with Gasteiger partial charge in [-0.05, 0) is 0 Å². The monoisotopic (exact) mass is 248 g/mol. The van der Waals surface area contributed by atoms with E-state index in [-0.39, 0.29) is 0 Å². The summed E-state index contributed by atoms with van der Waals surface area (Å²) in [4.78, 5) is 2.41. The van der Waals surface area contributed by atoms with Crippen molar-refractivity contribution in [1.82, 2.24) is 0 Å². The summed E-state index contributed by atoms with van der Waals surface area (Å²) in [6, 6.07) is 8.48. The maximum absolute atomic E-state index is 3.74. The van der Waals surface area contributed by atoms with Gasteiger partial charge >= 0.3 is 89.6 Å². The van der Waals surface area contributed by atoms with Gasteiger partial charge in [0.25, 0.3) is 0 Å². The molecule has 0 aliphatic carbocycles. The summed E-state index contributed by atoms with van der Waals surface area (Å²) in [5.74, 6) is 7.15. The molecule has 0 saturated heterocycles. The minimum atomic E-state index is -1.52. The van der Waals surface area contributed by atoms with Crippen LogP contribution in [0, 0.1) is 0 Å². The molecule has 1 rings (SSSR count). The molecule has 0 atom stereocenters. The third kappa shape index (κ3) is 3.97. The van der Waals surface area contributed by atoms with E-state index in [1.54, 1.807) is 0 Å². The standard InChI is InChI=1S/C13H18Ge/c1-5-12-6-8-13(9-7-12)10-11-14(2,3)4/h5-11H,1H2,2-4H3/b11-10+. The molecular weight excluding hydrogens is 229 g/mol. The number of rotatable bonds is 3. The summed E-state index contributed by atoms with van der Waals surface area (Å²) >= 11 is -1.52. The van der Waals surface area contributed by atoms with Crippen LogP contribution in [0.25, 0.3) is 12.2 Å². The number of hydrogen-bond donors (Lipinski definition) is 0. The van der Waals surface area contributed by atoms with Gasteiger partial charge in [0.1, 0.15) is 0 Å². The van der Waals surface area contributed by atoms with E-state index in [2.05, 4.69) is 59.1 Å². The Kier molecular flexibility index (Phi) is 3.76. The molecule has 0 radical (unpaired) electrons. The van der Waals surface area contributed by atoms with Gasteiger partial charge in [-0.15, -0.1) is 0 Å². The van der Waals surface area contributed by atoms with Crippen molar-refractivity contribution in [3.05, 3.63) is 46.9 Å². The molecule has 1 aromatic carbocycles. The van der Waals surface area contributed by atoms with Gasteiger partial charge in [0.05, 0.1) is 0 Å². The molecule has 0 nitrogen and oxygen atoms in total. The Bertz CT molecular complexity index is 325. The van der Waals surface area contributed by atoms with Crippen molar-refractivity contribution in [3.63, 3.8) is 0 Å². The first-order valence-corrected chi connectivity index (χ1v) is 12.4.